The van der Waals surface area contributed by atoms with Crippen molar-refractivity contribution < 1.29 is 19.2 Å². The van der Waals surface area contributed by atoms with Crippen LogP contribution >= 0.6 is 0 Å². The number of hydrogen-bond donors (Lipinski definition) is 2. The first kappa shape index (κ1) is 21.4. The minimum Gasteiger partial charge on any atom is -0.488 e. The lowest BCUT2D eigenvalue weighted by atomic mass is 10.1. The average molecular weight is 385 g/mol. The number of para-hydroxylation sites is 1. The summed E-state index contributed by atoms with van der Waals surface area (Å²) in [5, 5.41) is 2.88. The molecular weight excluding hydrogens is 354 g/mol. The highest BCUT2D eigenvalue weighted by molar-refractivity contribution is 5.96. The molecule has 2 aromatic rings. The molecule has 0 aromatic heterocycles. The van der Waals surface area contributed by atoms with Crippen LogP contribution in [-0.4, -0.2) is 56.5 Å². The predicted octanol–water partition coefficient (Wildman–Crippen LogP) is 1.70. The lowest BCUT2D eigenvalue weighted by Crippen LogP contribution is -3.10. The van der Waals surface area contributed by atoms with Gasteiger partial charge in [-0.05, 0) is 50.2 Å². The normalized spacial score (nSPS) is 11.5. The van der Waals surface area contributed by atoms with Crippen molar-refractivity contribution in [3.05, 3.63) is 60.2 Å². The van der Waals surface area contributed by atoms with Gasteiger partial charge in [-0.1, -0.05) is 18.2 Å². The summed E-state index contributed by atoms with van der Waals surface area (Å²) in [5.74, 6) is 0.768. The van der Waals surface area contributed by atoms with Gasteiger partial charge in [0, 0.05) is 24.3 Å². The molecule has 2 rings (SSSR count). The van der Waals surface area contributed by atoms with Crippen LogP contribution in [0.2, 0.25) is 0 Å². The molecule has 150 valence electrons. The van der Waals surface area contributed by atoms with Crippen molar-refractivity contribution >= 4 is 17.5 Å². The number of ether oxygens (including phenoxy) is 1. The van der Waals surface area contributed by atoms with Crippen molar-refractivity contribution in [3.63, 3.8) is 0 Å². The minimum atomic E-state index is -0.0694. The molecule has 0 heterocycles. The van der Waals surface area contributed by atoms with Gasteiger partial charge in [-0.25, -0.2) is 0 Å². The summed E-state index contributed by atoms with van der Waals surface area (Å²) >= 11 is 0. The van der Waals surface area contributed by atoms with E-state index in [1.165, 1.54) is 0 Å². The molecule has 0 saturated heterocycles. The van der Waals surface area contributed by atoms with E-state index in [1.807, 2.05) is 51.2 Å². The zero-order valence-electron chi connectivity index (χ0n) is 16.9. The second-order valence-corrected chi connectivity index (χ2v) is 6.65. The average Bonchev–Trinajstić information content (AvgIpc) is 2.70. The van der Waals surface area contributed by atoms with Crippen LogP contribution in [-0.2, 0) is 4.79 Å². The van der Waals surface area contributed by atoms with Gasteiger partial charge in [0.15, 0.2) is 6.54 Å². The molecular formula is C22H30N3O3+. The molecule has 0 spiro atoms. The van der Waals surface area contributed by atoms with Crippen molar-refractivity contribution in [1.82, 2.24) is 4.90 Å². The van der Waals surface area contributed by atoms with Gasteiger partial charge < -0.3 is 19.9 Å². The van der Waals surface area contributed by atoms with Crippen molar-refractivity contribution in [1.29, 1.82) is 0 Å². The zero-order valence-corrected chi connectivity index (χ0v) is 16.9. The van der Waals surface area contributed by atoms with Crippen LogP contribution in [0.1, 0.15) is 24.2 Å². The van der Waals surface area contributed by atoms with Crippen LogP contribution in [0.25, 0.3) is 0 Å². The van der Waals surface area contributed by atoms with E-state index in [2.05, 4.69) is 5.32 Å². The zero-order chi connectivity index (χ0) is 20.4. The fourth-order valence-corrected chi connectivity index (χ4v) is 2.82. The maximum atomic E-state index is 12.3. The Kier molecular flexibility index (Phi) is 8.49. The van der Waals surface area contributed by atoms with Gasteiger partial charge >= 0.3 is 0 Å². The number of likely N-dealkylation sites (N-methyl/N-ethyl adjacent to an activating group) is 1. The summed E-state index contributed by atoms with van der Waals surface area (Å²) in [6.45, 7) is 6.89. The summed E-state index contributed by atoms with van der Waals surface area (Å²) in [7, 11) is 1.96. The highest BCUT2D eigenvalue weighted by Crippen LogP contribution is 2.11. The Morgan fingerprint density at radius 1 is 1.00 bits per heavy atom. The standard InChI is InChI=1S/C22H29N3O3/c1-4-25(5-2)22(27)18-11-13-19(14-12-18)23-21(26)17-24(3)15-16-28-20-9-7-6-8-10-20/h6-14H,4-5,15-17H2,1-3H3,(H,23,26)/p+1. The number of anilines is 1. The molecule has 0 aliphatic rings. The molecule has 1 unspecified atom stereocenters. The summed E-state index contributed by atoms with van der Waals surface area (Å²) in [4.78, 5) is 27.4. The van der Waals surface area contributed by atoms with E-state index in [9.17, 15) is 9.59 Å². The van der Waals surface area contributed by atoms with E-state index in [0.29, 0.717) is 37.5 Å². The highest BCUT2D eigenvalue weighted by Gasteiger charge is 2.13. The maximum Gasteiger partial charge on any atom is 0.279 e. The largest absolute Gasteiger partial charge is 0.488 e. The van der Waals surface area contributed by atoms with Gasteiger partial charge in [0.1, 0.15) is 18.9 Å². The Morgan fingerprint density at radius 2 is 1.64 bits per heavy atom. The number of carbonyl (C=O) groups excluding carboxylic acids is 2. The van der Waals surface area contributed by atoms with E-state index in [4.69, 9.17) is 4.74 Å². The number of rotatable bonds is 10. The Balaban J connectivity index is 1.76. The molecule has 2 N–H and O–H groups in total. The van der Waals surface area contributed by atoms with Crippen molar-refractivity contribution in [3.8, 4) is 5.75 Å². The summed E-state index contributed by atoms with van der Waals surface area (Å²) in [6.07, 6.45) is 0. The monoisotopic (exact) mass is 384 g/mol. The van der Waals surface area contributed by atoms with Crippen molar-refractivity contribution in [2.45, 2.75) is 13.8 Å². The quantitative estimate of drug-likeness (QED) is 0.655. The second-order valence-electron chi connectivity index (χ2n) is 6.65. The van der Waals surface area contributed by atoms with Crippen LogP contribution in [0, 0.1) is 0 Å². The van der Waals surface area contributed by atoms with Gasteiger partial charge in [0.25, 0.3) is 11.8 Å². The molecule has 0 aliphatic heterocycles. The molecule has 0 bridgehead atoms. The summed E-state index contributed by atoms with van der Waals surface area (Å²) < 4.78 is 5.66. The van der Waals surface area contributed by atoms with Gasteiger partial charge in [-0.15, -0.1) is 0 Å². The molecule has 6 nitrogen and oxygen atoms in total. The third-order valence-corrected chi connectivity index (χ3v) is 4.47. The smallest absolute Gasteiger partial charge is 0.279 e. The molecule has 0 saturated carbocycles. The Hall–Kier alpha value is -2.86. The third-order valence-electron chi connectivity index (χ3n) is 4.47. The molecule has 6 heteroatoms. The van der Waals surface area contributed by atoms with Gasteiger partial charge in [0.2, 0.25) is 0 Å². The number of quaternary nitrogens is 1. The molecule has 2 aromatic carbocycles. The number of carbonyl (C=O) groups is 2. The highest BCUT2D eigenvalue weighted by atomic mass is 16.5. The van der Waals surface area contributed by atoms with Gasteiger partial charge in [-0.3, -0.25) is 9.59 Å². The van der Waals surface area contributed by atoms with Crippen LogP contribution < -0.4 is 15.0 Å². The molecule has 1 atom stereocenters. The Bertz CT molecular complexity index is 743. The van der Waals surface area contributed by atoms with Crippen molar-refractivity contribution in [2.75, 3.05) is 45.2 Å². The number of nitrogens with one attached hydrogen (secondary N) is 2. The van der Waals surface area contributed by atoms with E-state index >= 15 is 0 Å². The summed E-state index contributed by atoms with van der Waals surface area (Å²) in [5.41, 5.74) is 1.32. The van der Waals surface area contributed by atoms with E-state index in [-0.39, 0.29) is 11.8 Å². The predicted molar refractivity (Wildman–Crippen MR) is 111 cm³/mol. The lowest BCUT2D eigenvalue weighted by Gasteiger charge is -2.18. The van der Waals surface area contributed by atoms with E-state index in [0.717, 1.165) is 17.2 Å². The van der Waals surface area contributed by atoms with Crippen LogP contribution in [0.15, 0.2) is 54.6 Å². The van der Waals surface area contributed by atoms with Gasteiger partial charge in [0.05, 0.1) is 7.05 Å². The first-order valence-electron chi connectivity index (χ1n) is 9.71. The van der Waals surface area contributed by atoms with Gasteiger partial charge in [-0.2, -0.15) is 0 Å². The fraction of sp³-hybridized carbons (Fsp3) is 0.364. The molecule has 0 radical (unpaired) electrons. The lowest BCUT2D eigenvalue weighted by molar-refractivity contribution is -0.871. The summed E-state index contributed by atoms with van der Waals surface area (Å²) in [6, 6.07) is 16.7. The minimum absolute atomic E-state index is 0.00507. The third kappa shape index (κ3) is 6.70. The number of nitrogens with zero attached hydrogens (tertiary/aromatic N) is 1. The second kappa shape index (κ2) is 11.1. The molecule has 0 aliphatic carbocycles. The molecule has 0 fully saturated rings. The maximum absolute atomic E-state index is 12.3. The van der Waals surface area contributed by atoms with Crippen LogP contribution in [0.4, 0.5) is 5.69 Å². The SMILES string of the molecule is CCN(CC)C(=O)c1ccc(NC(=O)C[NH+](C)CCOc2ccccc2)cc1. The molecule has 28 heavy (non-hydrogen) atoms. The van der Waals surface area contributed by atoms with Crippen LogP contribution in [0.3, 0.4) is 0 Å². The van der Waals surface area contributed by atoms with Crippen LogP contribution in [0.5, 0.6) is 5.75 Å². The first-order chi connectivity index (χ1) is 13.5. The van der Waals surface area contributed by atoms with E-state index < -0.39 is 0 Å². The number of hydrogen-bond acceptors (Lipinski definition) is 3. The first-order valence-corrected chi connectivity index (χ1v) is 9.71. The molecule has 2 amide bonds. The topological polar surface area (TPSA) is 63.1 Å². The fourth-order valence-electron chi connectivity index (χ4n) is 2.82. The Morgan fingerprint density at radius 3 is 2.25 bits per heavy atom. The van der Waals surface area contributed by atoms with E-state index in [1.54, 1.807) is 29.2 Å². The number of amides is 2. The Labute approximate surface area is 167 Å². The van der Waals surface area contributed by atoms with Crippen molar-refractivity contribution in [2.24, 2.45) is 0 Å². The number of benzene rings is 2.